The monoisotopic (exact) mass is 294 g/mol. The Morgan fingerprint density at radius 3 is 2.65 bits per heavy atom. The van der Waals surface area contributed by atoms with Crippen molar-refractivity contribution in [2.24, 2.45) is 0 Å². The highest BCUT2D eigenvalue weighted by molar-refractivity contribution is 6.31. The van der Waals surface area contributed by atoms with Gasteiger partial charge in [-0.25, -0.2) is 4.39 Å². The van der Waals surface area contributed by atoms with Crippen LogP contribution in [0, 0.1) is 15.9 Å². The number of nitro benzene ring substituents is 1. The van der Waals surface area contributed by atoms with Gasteiger partial charge in [-0.15, -0.1) is 0 Å². The second-order valence-corrected chi connectivity index (χ2v) is 4.32. The zero-order valence-corrected chi connectivity index (χ0v) is 10.7. The predicted molar refractivity (Wildman–Crippen MR) is 72.5 cm³/mol. The number of non-ortho nitro benzene ring substituents is 1. The number of hydrogen-bond acceptors (Lipinski definition) is 3. The van der Waals surface area contributed by atoms with E-state index in [4.69, 9.17) is 11.6 Å². The summed E-state index contributed by atoms with van der Waals surface area (Å²) >= 11 is 5.75. The predicted octanol–water partition coefficient (Wildman–Crippen LogP) is 3.64. The summed E-state index contributed by atoms with van der Waals surface area (Å²) in [5.41, 5.74) is -0.347. The molecule has 0 aliphatic rings. The lowest BCUT2D eigenvalue weighted by Gasteiger charge is -2.06. The molecule has 2 aromatic rings. The van der Waals surface area contributed by atoms with E-state index in [1.54, 1.807) is 12.1 Å². The third-order valence-corrected chi connectivity index (χ3v) is 2.73. The Labute approximate surface area is 118 Å². The standard InChI is InChI=1S/C13H8ClFN2O3/c14-9-3-1-2-8(6-9)13(18)16-12-7-10(17(19)20)4-5-11(12)15/h1-7H,(H,16,18). The number of carbonyl (C=O) groups excluding carboxylic acids is 1. The fraction of sp³-hybridized carbons (Fsp3) is 0. The Kier molecular flexibility index (Phi) is 3.95. The van der Waals surface area contributed by atoms with Gasteiger partial charge in [0.15, 0.2) is 0 Å². The SMILES string of the molecule is O=C(Nc1cc([N+](=O)[O-])ccc1F)c1cccc(Cl)c1. The minimum absolute atomic E-state index is 0.225. The number of carbonyl (C=O) groups is 1. The van der Waals surface area contributed by atoms with Gasteiger partial charge in [0.1, 0.15) is 5.82 Å². The molecule has 2 aromatic carbocycles. The lowest BCUT2D eigenvalue weighted by atomic mass is 10.2. The van der Waals surface area contributed by atoms with E-state index >= 15 is 0 Å². The molecular weight excluding hydrogens is 287 g/mol. The van der Waals surface area contributed by atoms with Gasteiger partial charge in [0, 0.05) is 22.7 Å². The summed E-state index contributed by atoms with van der Waals surface area (Å²) in [6, 6.07) is 8.96. The summed E-state index contributed by atoms with van der Waals surface area (Å²) < 4.78 is 13.5. The van der Waals surface area contributed by atoms with Crippen LogP contribution in [0.25, 0.3) is 0 Å². The van der Waals surface area contributed by atoms with Crippen LogP contribution in [0.5, 0.6) is 0 Å². The molecule has 7 heteroatoms. The van der Waals surface area contributed by atoms with E-state index < -0.39 is 16.6 Å². The highest BCUT2D eigenvalue weighted by Gasteiger charge is 2.14. The minimum atomic E-state index is -0.758. The van der Waals surface area contributed by atoms with E-state index in [1.165, 1.54) is 12.1 Å². The number of halogens is 2. The maximum absolute atomic E-state index is 13.5. The molecule has 0 fully saturated rings. The van der Waals surface area contributed by atoms with Crippen LogP contribution in [0.3, 0.4) is 0 Å². The van der Waals surface area contributed by atoms with E-state index in [0.29, 0.717) is 5.02 Å². The summed E-state index contributed by atoms with van der Waals surface area (Å²) in [7, 11) is 0. The summed E-state index contributed by atoms with van der Waals surface area (Å²) in [6.45, 7) is 0. The van der Waals surface area contributed by atoms with E-state index in [9.17, 15) is 19.3 Å². The molecule has 20 heavy (non-hydrogen) atoms. The summed E-state index contributed by atoms with van der Waals surface area (Å²) in [4.78, 5) is 21.8. The maximum Gasteiger partial charge on any atom is 0.271 e. The average Bonchev–Trinajstić information content (AvgIpc) is 2.41. The molecule has 0 bridgehead atoms. The second-order valence-electron chi connectivity index (χ2n) is 3.89. The fourth-order valence-corrected chi connectivity index (χ4v) is 1.74. The number of rotatable bonds is 3. The van der Waals surface area contributed by atoms with Gasteiger partial charge in [0.05, 0.1) is 10.6 Å². The van der Waals surface area contributed by atoms with Gasteiger partial charge in [-0.3, -0.25) is 14.9 Å². The molecule has 0 saturated carbocycles. The third-order valence-electron chi connectivity index (χ3n) is 2.50. The molecule has 0 aromatic heterocycles. The van der Waals surface area contributed by atoms with E-state index in [2.05, 4.69) is 5.32 Å². The Hall–Kier alpha value is -2.47. The molecule has 0 atom stereocenters. The zero-order valence-electron chi connectivity index (χ0n) is 9.97. The van der Waals surface area contributed by atoms with Crippen LogP contribution in [0.4, 0.5) is 15.8 Å². The second kappa shape index (κ2) is 5.66. The Morgan fingerprint density at radius 2 is 2.00 bits per heavy atom. The van der Waals surface area contributed by atoms with Crippen molar-refractivity contribution >= 4 is 28.9 Å². The lowest BCUT2D eigenvalue weighted by Crippen LogP contribution is -2.13. The molecule has 0 aliphatic heterocycles. The third kappa shape index (κ3) is 3.10. The van der Waals surface area contributed by atoms with Crippen molar-refractivity contribution in [2.75, 3.05) is 5.32 Å². The highest BCUT2D eigenvalue weighted by atomic mass is 35.5. The minimum Gasteiger partial charge on any atom is -0.319 e. The van der Waals surface area contributed by atoms with Crippen molar-refractivity contribution < 1.29 is 14.1 Å². The first-order valence-electron chi connectivity index (χ1n) is 5.48. The molecule has 0 spiro atoms. The van der Waals surface area contributed by atoms with Gasteiger partial charge in [0.25, 0.3) is 11.6 Å². The molecule has 0 saturated heterocycles. The number of anilines is 1. The highest BCUT2D eigenvalue weighted by Crippen LogP contribution is 2.22. The van der Waals surface area contributed by atoms with E-state index in [-0.39, 0.29) is 16.9 Å². The molecule has 0 aliphatic carbocycles. The normalized spacial score (nSPS) is 10.1. The summed E-state index contributed by atoms with van der Waals surface area (Å²) in [5.74, 6) is -1.36. The molecule has 5 nitrogen and oxygen atoms in total. The fourth-order valence-electron chi connectivity index (χ4n) is 1.55. The molecule has 0 heterocycles. The van der Waals surface area contributed by atoms with E-state index in [1.807, 2.05) is 0 Å². The van der Waals surface area contributed by atoms with E-state index in [0.717, 1.165) is 18.2 Å². The molecule has 102 valence electrons. The van der Waals surface area contributed by atoms with Gasteiger partial charge in [-0.1, -0.05) is 17.7 Å². The number of nitrogens with one attached hydrogen (secondary N) is 1. The number of nitro groups is 1. The van der Waals surface area contributed by atoms with Crippen LogP contribution in [-0.2, 0) is 0 Å². The molecule has 2 rings (SSSR count). The van der Waals surface area contributed by atoms with Crippen molar-refractivity contribution in [2.45, 2.75) is 0 Å². The molecule has 1 N–H and O–H groups in total. The van der Waals surface area contributed by atoms with Crippen molar-refractivity contribution in [3.63, 3.8) is 0 Å². The van der Waals surface area contributed by atoms with Crippen molar-refractivity contribution in [1.29, 1.82) is 0 Å². The van der Waals surface area contributed by atoms with Crippen LogP contribution < -0.4 is 5.32 Å². The number of benzene rings is 2. The number of amides is 1. The summed E-state index contributed by atoms with van der Waals surface area (Å²) in [5, 5.41) is 13.2. The van der Waals surface area contributed by atoms with Gasteiger partial charge in [-0.05, 0) is 24.3 Å². The topological polar surface area (TPSA) is 72.2 Å². The van der Waals surface area contributed by atoms with Gasteiger partial charge in [0.2, 0.25) is 0 Å². The first-order chi connectivity index (χ1) is 9.47. The van der Waals surface area contributed by atoms with Crippen molar-refractivity contribution in [3.05, 3.63) is 69.0 Å². The Morgan fingerprint density at radius 1 is 1.25 bits per heavy atom. The summed E-state index contributed by atoms with van der Waals surface area (Å²) in [6.07, 6.45) is 0. The van der Waals surface area contributed by atoms with Gasteiger partial charge < -0.3 is 5.32 Å². The van der Waals surface area contributed by atoms with Crippen LogP contribution in [0.2, 0.25) is 5.02 Å². The van der Waals surface area contributed by atoms with Crippen LogP contribution in [0.1, 0.15) is 10.4 Å². The largest absolute Gasteiger partial charge is 0.319 e. The Bertz CT molecular complexity index is 691. The molecule has 1 amide bonds. The van der Waals surface area contributed by atoms with Crippen LogP contribution in [-0.4, -0.2) is 10.8 Å². The van der Waals surface area contributed by atoms with Gasteiger partial charge >= 0.3 is 0 Å². The molecular formula is C13H8ClFN2O3. The quantitative estimate of drug-likeness (QED) is 0.694. The zero-order chi connectivity index (χ0) is 14.7. The number of hydrogen-bond donors (Lipinski definition) is 1. The lowest BCUT2D eigenvalue weighted by molar-refractivity contribution is -0.384. The van der Waals surface area contributed by atoms with Crippen LogP contribution in [0.15, 0.2) is 42.5 Å². The number of nitrogens with zero attached hydrogens (tertiary/aromatic N) is 1. The average molecular weight is 295 g/mol. The first kappa shape index (κ1) is 14.0. The Balaban J connectivity index is 2.27. The van der Waals surface area contributed by atoms with Crippen molar-refractivity contribution in [1.82, 2.24) is 0 Å². The van der Waals surface area contributed by atoms with Crippen LogP contribution >= 0.6 is 11.6 Å². The van der Waals surface area contributed by atoms with Crippen molar-refractivity contribution in [3.8, 4) is 0 Å². The molecule has 0 radical (unpaired) electrons. The smallest absolute Gasteiger partial charge is 0.271 e. The van der Waals surface area contributed by atoms with Gasteiger partial charge in [-0.2, -0.15) is 0 Å². The first-order valence-corrected chi connectivity index (χ1v) is 5.86. The molecule has 0 unspecified atom stereocenters. The maximum atomic E-state index is 13.5.